The summed E-state index contributed by atoms with van der Waals surface area (Å²) in [4.78, 5) is 4.39. The van der Waals surface area contributed by atoms with Crippen molar-refractivity contribution in [2.45, 2.75) is 33.3 Å². The van der Waals surface area contributed by atoms with E-state index < -0.39 is 0 Å². The van der Waals surface area contributed by atoms with E-state index in [1.165, 1.54) is 0 Å². The second kappa shape index (κ2) is 4.97. The molecule has 0 amide bonds. The third-order valence-electron chi connectivity index (χ3n) is 1.76. The van der Waals surface area contributed by atoms with Gasteiger partial charge in [-0.1, -0.05) is 6.07 Å². The lowest BCUT2D eigenvalue weighted by atomic mass is 10.2. The SMILES string of the molecule is Cc1cccc(CCOC(C)C)n1. The monoisotopic (exact) mass is 179 g/mol. The van der Waals surface area contributed by atoms with E-state index in [-0.39, 0.29) is 0 Å². The van der Waals surface area contributed by atoms with Crippen LogP contribution in [0.3, 0.4) is 0 Å². The molecule has 13 heavy (non-hydrogen) atoms. The quantitative estimate of drug-likeness (QED) is 0.708. The van der Waals surface area contributed by atoms with Gasteiger partial charge >= 0.3 is 0 Å². The maximum atomic E-state index is 5.45. The molecule has 0 aliphatic carbocycles. The number of hydrogen-bond acceptors (Lipinski definition) is 2. The first-order valence-corrected chi connectivity index (χ1v) is 4.72. The normalized spacial score (nSPS) is 10.8. The second-order valence-electron chi connectivity index (χ2n) is 3.44. The molecule has 72 valence electrons. The molecule has 1 heterocycles. The highest BCUT2D eigenvalue weighted by atomic mass is 16.5. The molecule has 0 spiro atoms. The van der Waals surface area contributed by atoms with E-state index in [0.29, 0.717) is 6.10 Å². The van der Waals surface area contributed by atoms with Crippen LogP contribution in [0.25, 0.3) is 0 Å². The summed E-state index contributed by atoms with van der Waals surface area (Å²) >= 11 is 0. The molecule has 0 saturated heterocycles. The van der Waals surface area contributed by atoms with Gasteiger partial charge in [-0.3, -0.25) is 4.98 Å². The number of ether oxygens (including phenoxy) is 1. The zero-order chi connectivity index (χ0) is 9.68. The van der Waals surface area contributed by atoms with Crippen molar-refractivity contribution in [1.82, 2.24) is 4.98 Å². The highest BCUT2D eigenvalue weighted by Crippen LogP contribution is 2.00. The smallest absolute Gasteiger partial charge is 0.0525 e. The van der Waals surface area contributed by atoms with Crippen molar-refractivity contribution in [3.63, 3.8) is 0 Å². The predicted octanol–water partition coefficient (Wildman–Crippen LogP) is 2.36. The fourth-order valence-corrected chi connectivity index (χ4v) is 1.14. The summed E-state index contributed by atoms with van der Waals surface area (Å²) in [5, 5.41) is 0. The molecule has 0 unspecified atom stereocenters. The third-order valence-corrected chi connectivity index (χ3v) is 1.76. The Morgan fingerprint density at radius 3 is 2.77 bits per heavy atom. The van der Waals surface area contributed by atoms with Crippen LogP contribution in [0.5, 0.6) is 0 Å². The molecule has 0 bridgehead atoms. The number of pyridine rings is 1. The Hall–Kier alpha value is -0.890. The van der Waals surface area contributed by atoms with Crippen LogP contribution in [-0.4, -0.2) is 17.7 Å². The van der Waals surface area contributed by atoms with Gasteiger partial charge in [0.1, 0.15) is 0 Å². The minimum atomic E-state index is 0.310. The minimum absolute atomic E-state index is 0.310. The van der Waals surface area contributed by atoms with Crippen molar-refractivity contribution >= 4 is 0 Å². The topological polar surface area (TPSA) is 22.1 Å². The fourth-order valence-electron chi connectivity index (χ4n) is 1.14. The summed E-state index contributed by atoms with van der Waals surface area (Å²) in [7, 11) is 0. The summed E-state index contributed by atoms with van der Waals surface area (Å²) in [5.74, 6) is 0. The van der Waals surface area contributed by atoms with Crippen molar-refractivity contribution in [3.8, 4) is 0 Å². The first-order valence-electron chi connectivity index (χ1n) is 4.72. The molecule has 1 aromatic rings. The largest absolute Gasteiger partial charge is 0.378 e. The average molecular weight is 179 g/mol. The lowest BCUT2D eigenvalue weighted by molar-refractivity contribution is 0.0809. The standard InChI is InChI=1S/C11H17NO/c1-9(2)13-8-7-11-6-4-5-10(3)12-11/h4-6,9H,7-8H2,1-3H3. The molecule has 0 aromatic carbocycles. The molecule has 0 aliphatic rings. The fraction of sp³-hybridized carbons (Fsp3) is 0.545. The average Bonchev–Trinajstić information content (AvgIpc) is 2.03. The van der Waals surface area contributed by atoms with Crippen LogP contribution in [0.15, 0.2) is 18.2 Å². The Labute approximate surface area is 80.0 Å². The number of hydrogen-bond donors (Lipinski definition) is 0. The Balaban J connectivity index is 2.37. The molecular weight excluding hydrogens is 162 g/mol. The molecule has 1 rings (SSSR count). The molecule has 0 atom stereocenters. The lowest BCUT2D eigenvalue weighted by Crippen LogP contribution is -2.07. The van der Waals surface area contributed by atoms with Gasteiger partial charge in [0.25, 0.3) is 0 Å². The number of rotatable bonds is 4. The van der Waals surface area contributed by atoms with Crippen molar-refractivity contribution in [1.29, 1.82) is 0 Å². The summed E-state index contributed by atoms with van der Waals surface area (Å²) in [6, 6.07) is 6.08. The minimum Gasteiger partial charge on any atom is -0.378 e. The van der Waals surface area contributed by atoms with Crippen LogP contribution in [0.2, 0.25) is 0 Å². The Kier molecular flexibility index (Phi) is 3.90. The van der Waals surface area contributed by atoms with E-state index in [9.17, 15) is 0 Å². The van der Waals surface area contributed by atoms with E-state index in [4.69, 9.17) is 4.74 Å². The van der Waals surface area contributed by atoms with Crippen molar-refractivity contribution < 1.29 is 4.74 Å². The highest BCUT2D eigenvalue weighted by molar-refractivity contribution is 5.09. The molecule has 2 heteroatoms. The molecule has 0 fully saturated rings. The van der Waals surface area contributed by atoms with Crippen LogP contribution >= 0.6 is 0 Å². The molecule has 1 aromatic heterocycles. The van der Waals surface area contributed by atoms with Crippen molar-refractivity contribution in [2.75, 3.05) is 6.61 Å². The van der Waals surface area contributed by atoms with Crippen LogP contribution < -0.4 is 0 Å². The van der Waals surface area contributed by atoms with E-state index in [2.05, 4.69) is 4.98 Å². The maximum Gasteiger partial charge on any atom is 0.0525 e. The van der Waals surface area contributed by atoms with E-state index in [1.54, 1.807) is 0 Å². The first-order chi connectivity index (χ1) is 6.18. The summed E-state index contributed by atoms with van der Waals surface area (Å²) < 4.78 is 5.45. The van der Waals surface area contributed by atoms with Gasteiger partial charge in [-0.05, 0) is 32.9 Å². The van der Waals surface area contributed by atoms with Crippen LogP contribution in [0, 0.1) is 6.92 Å². The van der Waals surface area contributed by atoms with Crippen LogP contribution in [-0.2, 0) is 11.2 Å². The van der Waals surface area contributed by atoms with Gasteiger partial charge in [0.2, 0.25) is 0 Å². The van der Waals surface area contributed by atoms with Gasteiger partial charge in [0.15, 0.2) is 0 Å². The highest BCUT2D eigenvalue weighted by Gasteiger charge is 1.96. The summed E-state index contributed by atoms with van der Waals surface area (Å²) in [6.07, 6.45) is 1.21. The van der Waals surface area contributed by atoms with Gasteiger partial charge < -0.3 is 4.74 Å². The summed E-state index contributed by atoms with van der Waals surface area (Å²) in [6.45, 7) is 6.86. The van der Waals surface area contributed by atoms with E-state index >= 15 is 0 Å². The van der Waals surface area contributed by atoms with Gasteiger partial charge in [0.05, 0.1) is 12.7 Å². The van der Waals surface area contributed by atoms with Crippen LogP contribution in [0.4, 0.5) is 0 Å². The zero-order valence-electron chi connectivity index (χ0n) is 8.58. The number of aromatic nitrogens is 1. The zero-order valence-corrected chi connectivity index (χ0v) is 8.58. The number of aryl methyl sites for hydroxylation is 1. The van der Waals surface area contributed by atoms with Gasteiger partial charge in [-0.15, -0.1) is 0 Å². The maximum absolute atomic E-state index is 5.45. The second-order valence-corrected chi connectivity index (χ2v) is 3.44. The Bertz CT molecular complexity index is 258. The van der Waals surface area contributed by atoms with E-state index in [0.717, 1.165) is 24.4 Å². The predicted molar refractivity (Wildman–Crippen MR) is 53.8 cm³/mol. The molecular formula is C11H17NO. The Morgan fingerprint density at radius 2 is 2.15 bits per heavy atom. The summed E-state index contributed by atoms with van der Waals surface area (Å²) in [5.41, 5.74) is 2.18. The molecule has 2 nitrogen and oxygen atoms in total. The van der Waals surface area contributed by atoms with Crippen molar-refractivity contribution in [2.24, 2.45) is 0 Å². The molecule has 0 N–H and O–H groups in total. The van der Waals surface area contributed by atoms with Gasteiger partial charge in [-0.2, -0.15) is 0 Å². The number of nitrogens with zero attached hydrogens (tertiary/aromatic N) is 1. The first kappa shape index (κ1) is 10.2. The molecule has 0 aliphatic heterocycles. The van der Waals surface area contributed by atoms with Crippen molar-refractivity contribution in [3.05, 3.63) is 29.6 Å². The van der Waals surface area contributed by atoms with Crippen LogP contribution in [0.1, 0.15) is 25.2 Å². The Morgan fingerprint density at radius 1 is 1.38 bits per heavy atom. The van der Waals surface area contributed by atoms with E-state index in [1.807, 2.05) is 39.0 Å². The van der Waals surface area contributed by atoms with Gasteiger partial charge in [-0.25, -0.2) is 0 Å². The third kappa shape index (κ3) is 4.04. The molecule has 0 saturated carbocycles. The molecule has 0 radical (unpaired) electrons. The van der Waals surface area contributed by atoms with Gasteiger partial charge in [0, 0.05) is 17.8 Å². The lowest BCUT2D eigenvalue weighted by Gasteiger charge is -2.06.